The van der Waals surface area contributed by atoms with Gasteiger partial charge in [0.2, 0.25) is 0 Å². The molecule has 18 heavy (non-hydrogen) atoms. The van der Waals surface area contributed by atoms with E-state index in [4.69, 9.17) is 5.11 Å². The first-order chi connectivity index (χ1) is 8.49. The molecule has 1 aromatic carbocycles. The number of aliphatic carboxylic acids is 1. The fraction of sp³-hybridized carbons (Fsp3) is 0.462. The zero-order chi connectivity index (χ0) is 13.3. The Labute approximate surface area is 105 Å². The first-order valence-electron chi connectivity index (χ1n) is 5.96. The number of phenols is 2. The molecule has 5 nitrogen and oxygen atoms in total. The Morgan fingerprint density at radius 2 is 2.17 bits per heavy atom. The third kappa shape index (κ3) is 2.41. The Balaban J connectivity index is 2.09. The lowest BCUT2D eigenvalue weighted by molar-refractivity contribution is -0.142. The molecule has 0 spiro atoms. The topological polar surface area (TPSA) is 81.0 Å². The summed E-state index contributed by atoms with van der Waals surface area (Å²) in [7, 11) is 0. The molecular weight excluding hydrogens is 234 g/mol. The molecule has 2 rings (SSSR count). The minimum absolute atomic E-state index is 0.0223. The summed E-state index contributed by atoms with van der Waals surface area (Å²) in [6, 6.07) is 4.43. The second kappa shape index (κ2) is 4.86. The number of carboxylic acids is 1. The summed E-state index contributed by atoms with van der Waals surface area (Å²) in [5, 5.41) is 28.0. The maximum Gasteiger partial charge on any atom is 0.308 e. The van der Waals surface area contributed by atoms with Gasteiger partial charge in [-0.3, -0.25) is 9.69 Å². The molecule has 98 valence electrons. The van der Waals surface area contributed by atoms with Crippen LogP contribution < -0.4 is 0 Å². The molecule has 1 aliphatic heterocycles. The fourth-order valence-electron chi connectivity index (χ4n) is 2.46. The van der Waals surface area contributed by atoms with Gasteiger partial charge in [-0.1, -0.05) is 6.07 Å². The number of benzene rings is 1. The lowest BCUT2D eigenvalue weighted by Gasteiger charge is -2.23. The molecule has 1 heterocycles. The summed E-state index contributed by atoms with van der Waals surface area (Å²) >= 11 is 0. The van der Waals surface area contributed by atoms with E-state index in [1.165, 1.54) is 12.1 Å². The molecule has 1 fully saturated rings. The molecule has 3 N–H and O–H groups in total. The van der Waals surface area contributed by atoms with E-state index in [1.807, 2.05) is 11.8 Å². The highest BCUT2D eigenvalue weighted by atomic mass is 16.4. The molecule has 0 aliphatic carbocycles. The fourth-order valence-corrected chi connectivity index (χ4v) is 2.46. The van der Waals surface area contributed by atoms with E-state index in [9.17, 15) is 15.0 Å². The molecule has 1 saturated heterocycles. The molecule has 2 unspecified atom stereocenters. The zero-order valence-electron chi connectivity index (χ0n) is 10.2. The summed E-state index contributed by atoms with van der Waals surface area (Å²) in [5.74, 6) is -1.04. The first-order valence-corrected chi connectivity index (χ1v) is 5.96. The van der Waals surface area contributed by atoms with E-state index in [1.54, 1.807) is 6.07 Å². The van der Waals surface area contributed by atoms with E-state index < -0.39 is 5.97 Å². The van der Waals surface area contributed by atoms with Crippen LogP contribution in [0.15, 0.2) is 18.2 Å². The normalized spacial score (nSPS) is 24.3. The van der Waals surface area contributed by atoms with Gasteiger partial charge < -0.3 is 15.3 Å². The average Bonchev–Trinajstić information content (AvgIpc) is 2.64. The second-order valence-corrected chi connectivity index (χ2v) is 4.76. The van der Waals surface area contributed by atoms with E-state index in [2.05, 4.69) is 0 Å². The van der Waals surface area contributed by atoms with Gasteiger partial charge in [0, 0.05) is 24.2 Å². The summed E-state index contributed by atoms with van der Waals surface area (Å²) in [6.07, 6.45) is 0.634. The van der Waals surface area contributed by atoms with Crippen LogP contribution in [-0.4, -0.2) is 38.8 Å². The van der Waals surface area contributed by atoms with Gasteiger partial charge in [0.1, 0.15) is 11.5 Å². The molecule has 0 amide bonds. The van der Waals surface area contributed by atoms with Crippen LogP contribution in [0.25, 0.3) is 0 Å². The van der Waals surface area contributed by atoms with E-state index in [-0.39, 0.29) is 23.5 Å². The van der Waals surface area contributed by atoms with Gasteiger partial charge in [0.15, 0.2) is 0 Å². The molecule has 0 saturated carbocycles. The van der Waals surface area contributed by atoms with Crippen molar-refractivity contribution in [1.29, 1.82) is 0 Å². The predicted octanol–water partition coefficient (Wildman–Crippen LogP) is 1.39. The van der Waals surface area contributed by atoms with Crippen molar-refractivity contribution in [3.05, 3.63) is 23.8 Å². The van der Waals surface area contributed by atoms with Crippen molar-refractivity contribution in [2.75, 3.05) is 6.54 Å². The number of aromatic hydroxyl groups is 2. The summed E-state index contributed by atoms with van der Waals surface area (Å²) in [6.45, 7) is 3.10. The van der Waals surface area contributed by atoms with Crippen LogP contribution >= 0.6 is 0 Å². The third-order valence-electron chi connectivity index (χ3n) is 3.65. The van der Waals surface area contributed by atoms with Crippen molar-refractivity contribution in [2.45, 2.75) is 25.9 Å². The SMILES string of the molecule is CC1C(C(=O)O)CCN1Cc1ccc(O)cc1O. The average molecular weight is 251 g/mol. The number of hydrogen-bond donors (Lipinski definition) is 3. The number of rotatable bonds is 3. The van der Waals surface area contributed by atoms with Crippen LogP contribution in [0.5, 0.6) is 11.5 Å². The second-order valence-electron chi connectivity index (χ2n) is 4.76. The Bertz CT molecular complexity index is 460. The number of carboxylic acid groups (broad SMARTS) is 1. The molecule has 1 aromatic rings. The highest BCUT2D eigenvalue weighted by Crippen LogP contribution is 2.29. The number of carbonyl (C=O) groups is 1. The lowest BCUT2D eigenvalue weighted by Crippen LogP contribution is -2.32. The number of nitrogens with zero attached hydrogens (tertiary/aromatic N) is 1. The Morgan fingerprint density at radius 3 is 2.72 bits per heavy atom. The lowest BCUT2D eigenvalue weighted by atomic mass is 10.0. The predicted molar refractivity (Wildman–Crippen MR) is 65.4 cm³/mol. The van der Waals surface area contributed by atoms with E-state index in [0.29, 0.717) is 25.1 Å². The van der Waals surface area contributed by atoms with Crippen molar-refractivity contribution in [1.82, 2.24) is 4.90 Å². The maximum atomic E-state index is 11.0. The molecular formula is C13H17NO4. The van der Waals surface area contributed by atoms with Gasteiger partial charge in [0.05, 0.1) is 5.92 Å². The molecule has 2 atom stereocenters. The van der Waals surface area contributed by atoms with Crippen molar-refractivity contribution < 1.29 is 20.1 Å². The summed E-state index contributed by atoms with van der Waals surface area (Å²) in [4.78, 5) is 13.0. The van der Waals surface area contributed by atoms with Gasteiger partial charge in [-0.05, 0) is 26.0 Å². The smallest absolute Gasteiger partial charge is 0.308 e. The van der Waals surface area contributed by atoms with Crippen LogP contribution in [0.1, 0.15) is 18.9 Å². The van der Waals surface area contributed by atoms with Crippen LogP contribution in [0.4, 0.5) is 0 Å². The van der Waals surface area contributed by atoms with Crippen LogP contribution in [-0.2, 0) is 11.3 Å². The third-order valence-corrected chi connectivity index (χ3v) is 3.65. The largest absolute Gasteiger partial charge is 0.508 e. The van der Waals surface area contributed by atoms with Gasteiger partial charge in [-0.2, -0.15) is 0 Å². The van der Waals surface area contributed by atoms with E-state index >= 15 is 0 Å². The van der Waals surface area contributed by atoms with Gasteiger partial charge in [-0.15, -0.1) is 0 Å². The Morgan fingerprint density at radius 1 is 1.44 bits per heavy atom. The number of likely N-dealkylation sites (tertiary alicyclic amines) is 1. The molecule has 1 aliphatic rings. The number of phenolic OH excluding ortho intramolecular Hbond substituents is 2. The summed E-state index contributed by atoms with van der Waals surface area (Å²) in [5.41, 5.74) is 0.700. The minimum atomic E-state index is -0.764. The highest BCUT2D eigenvalue weighted by molar-refractivity contribution is 5.71. The monoisotopic (exact) mass is 251 g/mol. The van der Waals surface area contributed by atoms with Crippen LogP contribution in [0.2, 0.25) is 0 Å². The van der Waals surface area contributed by atoms with Crippen LogP contribution in [0.3, 0.4) is 0 Å². The molecule has 0 bridgehead atoms. The zero-order valence-corrected chi connectivity index (χ0v) is 10.2. The van der Waals surface area contributed by atoms with E-state index in [0.717, 1.165) is 0 Å². The standard InChI is InChI=1S/C13H17NO4/c1-8-11(13(17)18)4-5-14(8)7-9-2-3-10(15)6-12(9)16/h2-3,6,8,11,15-16H,4-5,7H2,1H3,(H,17,18). The number of hydrogen-bond acceptors (Lipinski definition) is 4. The van der Waals surface area contributed by atoms with Gasteiger partial charge >= 0.3 is 5.97 Å². The molecule has 5 heteroatoms. The van der Waals surface area contributed by atoms with Crippen molar-refractivity contribution >= 4 is 5.97 Å². The van der Waals surface area contributed by atoms with Crippen molar-refractivity contribution in [2.24, 2.45) is 5.92 Å². The van der Waals surface area contributed by atoms with Gasteiger partial charge in [-0.25, -0.2) is 0 Å². The summed E-state index contributed by atoms with van der Waals surface area (Å²) < 4.78 is 0. The Hall–Kier alpha value is -1.75. The van der Waals surface area contributed by atoms with Crippen molar-refractivity contribution in [3.63, 3.8) is 0 Å². The van der Waals surface area contributed by atoms with Crippen LogP contribution in [0, 0.1) is 5.92 Å². The van der Waals surface area contributed by atoms with Crippen molar-refractivity contribution in [3.8, 4) is 11.5 Å². The molecule has 0 aromatic heterocycles. The maximum absolute atomic E-state index is 11.0. The first kappa shape index (κ1) is 12.7. The highest BCUT2D eigenvalue weighted by Gasteiger charge is 2.35. The minimum Gasteiger partial charge on any atom is -0.508 e. The Kier molecular flexibility index (Phi) is 3.43. The quantitative estimate of drug-likeness (QED) is 0.756. The van der Waals surface area contributed by atoms with Gasteiger partial charge in [0.25, 0.3) is 0 Å². The molecule has 0 radical (unpaired) electrons.